The Balaban J connectivity index is 1.63. The summed E-state index contributed by atoms with van der Waals surface area (Å²) in [5.74, 6) is 2.66. The Kier molecular flexibility index (Phi) is 4.14. The molecule has 0 spiro atoms. The molecule has 2 aliphatic carbocycles. The first-order valence-corrected chi connectivity index (χ1v) is 8.48. The predicted molar refractivity (Wildman–Crippen MR) is 85.8 cm³/mol. The molecule has 2 fully saturated rings. The highest BCUT2D eigenvalue weighted by Crippen LogP contribution is 2.55. The summed E-state index contributed by atoms with van der Waals surface area (Å²) in [6.07, 6.45) is 10.9. The predicted octanol–water partition coefficient (Wildman–Crippen LogP) is 4.94. The van der Waals surface area contributed by atoms with Crippen LogP contribution in [0.4, 0.5) is 0 Å². The molecule has 3 rings (SSSR count). The number of ether oxygens (including phenoxy) is 1. The van der Waals surface area contributed by atoms with Crippen molar-refractivity contribution in [3.05, 3.63) is 23.8 Å². The van der Waals surface area contributed by atoms with Crippen molar-refractivity contribution in [2.75, 3.05) is 7.11 Å². The normalized spacial score (nSPS) is 31.9. The van der Waals surface area contributed by atoms with Crippen molar-refractivity contribution in [3.63, 3.8) is 0 Å². The number of hydrogen-bond acceptors (Lipinski definition) is 2. The van der Waals surface area contributed by atoms with Crippen LogP contribution >= 0.6 is 0 Å². The van der Waals surface area contributed by atoms with Crippen LogP contribution in [-0.2, 0) is 6.42 Å². The van der Waals surface area contributed by atoms with E-state index in [1.807, 2.05) is 12.1 Å². The van der Waals surface area contributed by atoms with Gasteiger partial charge in [-0.15, -0.1) is 0 Å². The summed E-state index contributed by atoms with van der Waals surface area (Å²) in [6.45, 7) is 2.52. The fourth-order valence-electron chi connectivity index (χ4n) is 4.93. The maximum atomic E-state index is 9.89. The number of methoxy groups -OCH3 is 1. The Morgan fingerprint density at radius 2 is 2.00 bits per heavy atom. The number of aryl methyl sites for hydroxylation is 1. The lowest BCUT2D eigenvalue weighted by Crippen LogP contribution is -2.33. The number of hydrogen-bond donors (Lipinski definition) is 1. The minimum absolute atomic E-state index is 0.268. The maximum Gasteiger partial charge on any atom is 0.160 e. The molecule has 21 heavy (non-hydrogen) atoms. The van der Waals surface area contributed by atoms with Gasteiger partial charge in [-0.3, -0.25) is 0 Å². The summed E-state index contributed by atoms with van der Waals surface area (Å²) in [4.78, 5) is 0. The molecule has 0 saturated heterocycles. The van der Waals surface area contributed by atoms with E-state index in [1.54, 1.807) is 7.11 Å². The van der Waals surface area contributed by atoms with Crippen LogP contribution in [0.3, 0.4) is 0 Å². The first-order valence-electron chi connectivity index (χ1n) is 8.48. The van der Waals surface area contributed by atoms with Gasteiger partial charge in [-0.1, -0.05) is 32.3 Å². The van der Waals surface area contributed by atoms with E-state index in [2.05, 4.69) is 13.0 Å². The maximum absolute atomic E-state index is 9.89. The highest BCUT2D eigenvalue weighted by Gasteiger charge is 2.44. The number of rotatable bonds is 4. The topological polar surface area (TPSA) is 29.5 Å². The molecule has 0 aromatic heterocycles. The molecule has 1 aromatic rings. The summed E-state index contributed by atoms with van der Waals surface area (Å²) in [5.41, 5.74) is 1.86. The fourth-order valence-corrected chi connectivity index (χ4v) is 4.93. The SMILES string of the molecule is COc1ccc(CCC2CCCC3(C)CCCC23)cc1O. The van der Waals surface area contributed by atoms with Crippen LogP contribution in [0.2, 0.25) is 0 Å². The van der Waals surface area contributed by atoms with Gasteiger partial charge < -0.3 is 9.84 Å². The standard InChI is InChI=1S/C19H28O2/c1-19-11-3-5-15(16(19)6-4-12-19)9-7-14-8-10-18(21-2)17(20)13-14/h8,10,13,15-16,20H,3-7,9,11-12H2,1-2H3. The third-order valence-corrected chi connectivity index (χ3v) is 6.10. The van der Waals surface area contributed by atoms with Crippen LogP contribution in [0.1, 0.15) is 57.4 Å². The van der Waals surface area contributed by atoms with Gasteiger partial charge in [0.2, 0.25) is 0 Å². The molecule has 2 heteroatoms. The second-order valence-corrected chi connectivity index (χ2v) is 7.35. The second kappa shape index (κ2) is 5.90. The van der Waals surface area contributed by atoms with Crippen molar-refractivity contribution in [2.24, 2.45) is 17.3 Å². The van der Waals surface area contributed by atoms with Crippen LogP contribution in [0.25, 0.3) is 0 Å². The summed E-state index contributed by atoms with van der Waals surface area (Å²) in [5, 5.41) is 9.89. The Hall–Kier alpha value is -1.18. The Morgan fingerprint density at radius 3 is 2.71 bits per heavy atom. The van der Waals surface area contributed by atoms with Gasteiger partial charge >= 0.3 is 0 Å². The van der Waals surface area contributed by atoms with Gasteiger partial charge in [0.25, 0.3) is 0 Å². The third kappa shape index (κ3) is 2.90. The molecule has 3 atom stereocenters. The van der Waals surface area contributed by atoms with Crippen LogP contribution in [0.15, 0.2) is 18.2 Å². The van der Waals surface area contributed by atoms with E-state index in [1.165, 1.54) is 50.5 Å². The second-order valence-electron chi connectivity index (χ2n) is 7.35. The number of aromatic hydroxyl groups is 1. The number of phenols is 1. The van der Waals surface area contributed by atoms with Crippen LogP contribution in [0.5, 0.6) is 11.5 Å². The molecule has 1 aromatic carbocycles. The van der Waals surface area contributed by atoms with Crippen LogP contribution in [0, 0.1) is 17.3 Å². The number of phenolic OH excluding ortho intramolecular Hbond substituents is 1. The van der Waals surface area contributed by atoms with E-state index in [4.69, 9.17) is 4.74 Å². The molecule has 1 N–H and O–H groups in total. The van der Waals surface area contributed by atoms with Gasteiger partial charge in [-0.2, -0.15) is 0 Å². The van der Waals surface area contributed by atoms with Crippen molar-refractivity contribution in [3.8, 4) is 11.5 Å². The average Bonchev–Trinajstić information content (AvgIpc) is 2.87. The summed E-state index contributed by atoms with van der Waals surface area (Å²) in [7, 11) is 1.59. The zero-order valence-electron chi connectivity index (χ0n) is 13.4. The minimum Gasteiger partial charge on any atom is -0.504 e. The molecule has 2 aliphatic rings. The molecule has 0 amide bonds. The first-order chi connectivity index (χ1) is 10.1. The minimum atomic E-state index is 0.268. The smallest absolute Gasteiger partial charge is 0.160 e. The largest absolute Gasteiger partial charge is 0.504 e. The van der Waals surface area contributed by atoms with Crippen molar-refractivity contribution < 1.29 is 9.84 Å². The lowest BCUT2D eigenvalue weighted by molar-refractivity contribution is 0.0840. The quantitative estimate of drug-likeness (QED) is 0.850. The average molecular weight is 288 g/mol. The van der Waals surface area contributed by atoms with E-state index in [-0.39, 0.29) is 5.75 Å². The summed E-state index contributed by atoms with van der Waals surface area (Å²) >= 11 is 0. The van der Waals surface area contributed by atoms with Gasteiger partial charge in [-0.25, -0.2) is 0 Å². The van der Waals surface area contributed by atoms with Gasteiger partial charge in [0.15, 0.2) is 11.5 Å². The van der Waals surface area contributed by atoms with Gasteiger partial charge in [0, 0.05) is 0 Å². The molecular weight excluding hydrogens is 260 g/mol. The van der Waals surface area contributed by atoms with Crippen molar-refractivity contribution >= 4 is 0 Å². The molecule has 0 aliphatic heterocycles. The zero-order chi connectivity index (χ0) is 14.9. The van der Waals surface area contributed by atoms with E-state index >= 15 is 0 Å². The summed E-state index contributed by atoms with van der Waals surface area (Å²) in [6, 6.07) is 5.84. The number of fused-ring (bicyclic) bond motifs is 1. The lowest BCUT2D eigenvalue weighted by atomic mass is 9.63. The lowest BCUT2D eigenvalue weighted by Gasteiger charge is -2.42. The monoisotopic (exact) mass is 288 g/mol. The Bertz CT molecular complexity index is 496. The molecule has 116 valence electrons. The zero-order valence-corrected chi connectivity index (χ0v) is 13.4. The van der Waals surface area contributed by atoms with Gasteiger partial charge in [0.05, 0.1) is 7.11 Å². The number of benzene rings is 1. The van der Waals surface area contributed by atoms with E-state index in [0.717, 1.165) is 18.3 Å². The van der Waals surface area contributed by atoms with E-state index in [9.17, 15) is 5.11 Å². The highest BCUT2D eigenvalue weighted by molar-refractivity contribution is 5.41. The molecule has 3 unspecified atom stereocenters. The van der Waals surface area contributed by atoms with Gasteiger partial charge in [-0.05, 0) is 67.1 Å². The molecule has 0 heterocycles. The van der Waals surface area contributed by atoms with Crippen molar-refractivity contribution in [1.29, 1.82) is 0 Å². The Morgan fingerprint density at radius 1 is 1.24 bits per heavy atom. The highest BCUT2D eigenvalue weighted by atomic mass is 16.5. The summed E-state index contributed by atoms with van der Waals surface area (Å²) < 4.78 is 5.11. The van der Waals surface area contributed by atoms with Crippen LogP contribution < -0.4 is 4.74 Å². The van der Waals surface area contributed by atoms with Crippen LogP contribution in [-0.4, -0.2) is 12.2 Å². The molecule has 0 radical (unpaired) electrons. The van der Waals surface area contributed by atoms with Crippen molar-refractivity contribution in [2.45, 2.75) is 58.3 Å². The third-order valence-electron chi connectivity index (χ3n) is 6.10. The Labute approximate surface area is 128 Å². The first kappa shape index (κ1) is 14.7. The molecular formula is C19H28O2. The van der Waals surface area contributed by atoms with E-state index < -0.39 is 0 Å². The molecule has 2 nitrogen and oxygen atoms in total. The molecule has 2 saturated carbocycles. The van der Waals surface area contributed by atoms with Gasteiger partial charge in [0.1, 0.15) is 0 Å². The fraction of sp³-hybridized carbons (Fsp3) is 0.684. The van der Waals surface area contributed by atoms with E-state index in [0.29, 0.717) is 11.2 Å². The molecule has 0 bridgehead atoms. The van der Waals surface area contributed by atoms with Crippen molar-refractivity contribution in [1.82, 2.24) is 0 Å².